The van der Waals surface area contributed by atoms with Gasteiger partial charge in [-0.25, -0.2) is 18.4 Å². The Labute approximate surface area is 178 Å². The summed E-state index contributed by atoms with van der Waals surface area (Å²) in [5.74, 6) is -0.000394. The lowest BCUT2D eigenvalue weighted by Gasteiger charge is -2.14. The van der Waals surface area contributed by atoms with Crippen LogP contribution in [0, 0.1) is 6.92 Å². The van der Waals surface area contributed by atoms with E-state index in [1.54, 1.807) is 49.8 Å². The minimum Gasteiger partial charge on any atom is -0.470 e. The molecule has 0 amide bonds. The number of hydrogen-bond acceptors (Lipinski definition) is 7. The van der Waals surface area contributed by atoms with Crippen molar-refractivity contribution in [3.63, 3.8) is 0 Å². The number of anilines is 1. The molecule has 0 aliphatic heterocycles. The van der Waals surface area contributed by atoms with E-state index in [1.165, 1.54) is 12.3 Å². The lowest BCUT2D eigenvalue weighted by Crippen LogP contribution is -2.17. The smallest absolute Gasteiger partial charge is 0.263 e. The summed E-state index contributed by atoms with van der Waals surface area (Å²) in [6.45, 7) is 1.77. The molecule has 30 heavy (non-hydrogen) atoms. The first-order chi connectivity index (χ1) is 14.4. The summed E-state index contributed by atoms with van der Waals surface area (Å²) in [5, 5.41) is 0.349. The number of nitrogens with one attached hydrogen (secondary N) is 1. The van der Waals surface area contributed by atoms with E-state index in [2.05, 4.69) is 24.7 Å². The van der Waals surface area contributed by atoms with Crippen molar-refractivity contribution < 1.29 is 13.2 Å². The second-order valence-electron chi connectivity index (χ2n) is 6.36. The molecule has 1 N–H and O–H groups in total. The Hall–Kier alpha value is -3.30. The Balaban J connectivity index is 1.73. The summed E-state index contributed by atoms with van der Waals surface area (Å²) in [6, 6.07) is 9.92. The van der Waals surface area contributed by atoms with Crippen LogP contribution < -0.4 is 9.46 Å². The number of halogens is 1. The van der Waals surface area contributed by atoms with Gasteiger partial charge in [0.25, 0.3) is 15.9 Å². The third-order valence-electron chi connectivity index (χ3n) is 4.27. The van der Waals surface area contributed by atoms with Crippen LogP contribution in [0.5, 0.6) is 5.88 Å². The largest absolute Gasteiger partial charge is 0.470 e. The lowest BCUT2D eigenvalue weighted by molar-refractivity contribution is 0.295. The summed E-state index contributed by atoms with van der Waals surface area (Å²) in [4.78, 5) is 16.9. The fourth-order valence-corrected chi connectivity index (χ4v) is 4.25. The topological polar surface area (TPSA) is 107 Å². The van der Waals surface area contributed by atoms with E-state index in [1.807, 2.05) is 6.07 Å². The number of hydrogen-bond donors (Lipinski definition) is 1. The maximum Gasteiger partial charge on any atom is 0.263 e. The first-order valence-electron chi connectivity index (χ1n) is 8.85. The molecule has 0 bridgehead atoms. The Morgan fingerprint density at radius 3 is 2.63 bits per heavy atom. The third kappa shape index (κ3) is 4.17. The van der Waals surface area contributed by atoms with Crippen LogP contribution in [0.4, 0.5) is 5.82 Å². The summed E-state index contributed by atoms with van der Waals surface area (Å²) in [7, 11) is -3.99. The Morgan fingerprint density at radius 1 is 1.00 bits per heavy atom. The number of ether oxygens (including phenoxy) is 1. The summed E-state index contributed by atoms with van der Waals surface area (Å²) >= 11 is 6.09. The molecule has 0 saturated carbocycles. The van der Waals surface area contributed by atoms with E-state index in [-0.39, 0.29) is 23.2 Å². The summed E-state index contributed by atoms with van der Waals surface area (Å²) < 4.78 is 34.3. The molecule has 0 aliphatic carbocycles. The number of nitrogens with zero attached hydrogens (tertiary/aromatic N) is 4. The fourth-order valence-electron chi connectivity index (χ4n) is 2.75. The van der Waals surface area contributed by atoms with Crippen LogP contribution >= 0.6 is 11.6 Å². The number of rotatable bonds is 6. The van der Waals surface area contributed by atoms with Crippen LogP contribution in [0.15, 0.2) is 66.1 Å². The summed E-state index contributed by atoms with van der Waals surface area (Å²) in [6.07, 6.45) is 6.37. The highest BCUT2D eigenvalue weighted by Crippen LogP contribution is 2.29. The van der Waals surface area contributed by atoms with Gasteiger partial charge in [-0.3, -0.25) is 14.7 Å². The van der Waals surface area contributed by atoms with Gasteiger partial charge in [0.15, 0.2) is 0 Å². The number of fused-ring (bicyclic) bond motifs is 1. The van der Waals surface area contributed by atoms with Crippen molar-refractivity contribution in [3.8, 4) is 5.88 Å². The predicted molar refractivity (Wildman–Crippen MR) is 113 cm³/mol. The Morgan fingerprint density at radius 2 is 1.83 bits per heavy atom. The lowest BCUT2D eigenvalue weighted by atomic mass is 10.2. The molecular formula is C20H16ClN5O3S. The van der Waals surface area contributed by atoms with Gasteiger partial charge < -0.3 is 4.74 Å². The maximum absolute atomic E-state index is 13.0. The standard InChI is InChI=1S/C20H16ClN5O3S/c1-13-15(21)5-2-6-18(13)30(27,28)26-19-20(29-12-14-4-3-8-22-10-14)25-17-11-23-9-7-16(17)24-19/h2-11H,12H2,1H3,(H,24,26). The van der Waals surface area contributed by atoms with Gasteiger partial charge >= 0.3 is 0 Å². The maximum atomic E-state index is 13.0. The zero-order chi connectivity index (χ0) is 21.1. The fraction of sp³-hybridized carbons (Fsp3) is 0.100. The molecule has 0 saturated heterocycles. The zero-order valence-corrected chi connectivity index (χ0v) is 17.4. The van der Waals surface area contributed by atoms with E-state index in [0.717, 1.165) is 5.56 Å². The van der Waals surface area contributed by atoms with Crippen molar-refractivity contribution in [2.45, 2.75) is 18.4 Å². The molecule has 8 nitrogen and oxygen atoms in total. The van der Waals surface area contributed by atoms with Gasteiger partial charge in [0, 0.05) is 29.2 Å². The van der Waals surface area contributed by atoms with Gasteiger partial charge in [-0.2, -0.15) is 0 Å². The second-order valence-corrected chi connectivity index (χ2v) is 8.42. The van der Waals surface area contributed by atoms with Gasteiger partial charge in [0.05, 0.1) is 16.6 Å². The Kier molecular flexibility index (Phi) is 5.47. The van der Waals surface area contributed by atoms with Crippen LogP contribution in [0.1, 0.15) is 11.1 Å². The molecule has 0 fully saturated rings. The van der Waals surface area contributed by atoms with E-state index in [9.17, 15) is 8.42 Å². The normalized spacial score (nSPS) is 11.4. The van der Waals surface area contributed by atoms with Crippen molar-refractivity contribution >= 4 is 38.5 Å². The van der Waals surface area contributed by atoms with E-state index < -0.39 is 10.0 Å². The summed E-state index contributed by atoms with van der Waals surface area (Å²) in [5.41, 5.74) is 2.17. The molecule has 10 heteroatoms. The number of sulfonamides is 1. The van der Waals surface area contributed by atoms with Gasteiger partial charge in [0.1, 0.15) is 12.1 Å². The van der Waals surface area contributed by atoms with Crippen molar-refractivity contribution in [1.29, 1.82) is 0 Å². The van der Waals surface area contributed by atoms with Crippen molar-refractivity contribution in [1.82, 2.24) is 19.9 Å². The minimum absolute atomic E-state index is 0.0302. The first kappa shape index (κ1) is 20.0. The molecule has 3 aromatic heterocycles. The molecule has 3 heterocycles. The molecule has 0 aliphatic rings. The molecule has 152 valence electrons. The molecule has 0 spiro atoms. The van der Waals surface area contributed by atoms with Crippen LogP contribution in [0.2, 0.25) is 5.02 Å². The van der Waals surface area contributed by atoms with E-state index >= 15 is 0 Å². The number of benzene rings is 1. The molecular weight excluding hydrogens is 426 g/mol. The monoisotopic (exact) mass is 441 g/mol. The predicted octanol–water partition coefficient (Wildman–Crippen LogP) is 3.76. The van der Waals surface area contributed by atoms with Gasteiger partial charge in [0.2, 0.25) is 5.82 Å². The average molecular weight is 442 g/mol. The minimum atomic E-state index is -3.99. The van der Waals surface area contributed by atoms with E-state index in [0.29, 0.717) is 21.6 Å². The van der Waals surface area contributed by atoms with Crippen LogP contribution in [-0.4, -0.2) is 28.4 Å². The van der Waals surface area contributed by atoms with Crippen molar-refractivity contribution in [2.24, 2.45) is 0 Å². The average Bonchev–Trinajstić information content (AvgIpc) is 2.74. The van der Waals surface area contributed by atoms with Gasteiger partial charge in [-0.05, 0) is 36.8 Å². The molecule has 0 atom stereocenters. The molecule has 0 radical (unpaired) electrons. The first-order valence-corrected chi connectivity index (χ1v) is 10.7. The number of aromatic nitrogens is 4. The quantitative estimate of drug-likeness (QED) is 0.485. The van der Waals surface area contributed by atoms with Crippen molar-refractivity contribution in [3.05, 3.63) is 77.3 Å². The second kappa shape index (κ2) is 8.21. The molecule has 1 aromatic carbocycles. The highest BCUT2D eigenvalue weighted by molar-refractivity contribution is 7.92. The molecule has 4 rings (SSSR count). The molecule has 4 aromatic rings. The van der Waals surface area contributed by atoms with Gasteiger partial charge in [-0.15, -0.1) is 0 Å². The molecule has 0 unspecified atom stereocenters. The Bertz CT molecular complexity index is 1320. The van der Waals surface area contributed by atoms with Crippen LogP contribution in [0.3, 0.4) is 0 Å². The highest BCUT2D eigenvalue weighted by Gasteiger charge is 2.22. The van der Waals surface area contributed by atoms with Crippen molar-refractivity contribution in [2.75, 3.05) is 4.72 Å². The van der Waals surface area contributed by atoms with E-state index in [4.69, 9.17) is 16.3 Å². The third-order valence-corrected chi connectivity index (χ3v) is 6.16. The van der Waals surface area contributed by atoms with Gasteiger partial charge in [-0.1, -0.05) is 23.7 Å². The highest BCUT2D eigenvalue weighted by atomic mass is 35.5. The van der Waals surface area contributed by atoms with Crippen LogP contribution in [0.25, 0.3) is 11.0 Å². The number of pyridine rings is 2. The zero-order valence-electron chi connectivity index (χ0n) is 15.8. The SMILES string of the molecule is Cc1c(Cl)cccc1S(=O)(=O)Nc1nc2ccncc2nc1OCc1cccnc1. The van der Waals surface area contributed by atoms with Crippen LogP contribution in [-0.2, 0) is 16.6 Å².